The third-order valence-corrected chi connectivity index (χ3v) is 3.88. The van der Waals surface area contributed by atoms with E-state index in [2.05, 4.69) is 28.3 Å². The van der Waals surface area contributed by atoms with Gasteiger partial charge in [-0.1, -0.05) is 18.7 Å². The Kier molecular flexibility index (Phi) is 6.76. The molecule has 110 valence electrons. The Balaban J connectivity index is 2.40. The Bertz CT molecular complexity index is 523. The fourth-order valence-electron chi connectivity index (χ4n) is 1.80. The summed E-state index contributed by atoms with van der Waals surface area (Å²) in [5, 5.41) is 13.1. The molecule has 0 radical (unpaired) electrons. The van der Waals surface area contributed by atoms with Gasteiger partial charge in [-0.05, 0) is 39.7 Å². The Labute approximate surface area is 124 Å². The van der Waals surface area contributed by atoms with Crippen LogP contribution in [0.4, 0.5) is 0 Å². The number of H-pyrrole nitrogens is 1. The van der Waals surface area contributed by atoms with Crippen LogP contribution < -0.4 is 10.9 Å². The van der Waals surface area contributed by atoms with Crippen LogP contribution in [0.3, 0.4) is 0 Å². The number of nitrogens with one attached hydrogen (secondary N) is 2. The number of hydrogen-bond donors (Lipinski definition) is 2. The molecule has 0 saturated carbocycles. The first-order chi connectivity index (χ1) is 9.49. The van der Waals surface area contributed by atoms with Crippen LogP contribution in [0.15, 0.2) is 16.0 Å². The average Bonchev–Trinajstić information content (AvgIpc) is 2.40. The van der Waals surface area contributed by atoms with E-state index in [0.717, 1.165) is 37.3 Å². The topological polar surface area (TPSA) is 81.6 Å². The number of rotatable bonds is 8. The summed E-state index contributed by atoms with van der Waals surface area (Å²) in [7, 11) is 0. The molecule has 2 N–H and O–H groups in total. The molecule has 6 heteroatoms. The van der Waals surface area contributed by atoms with E-state index in [9.17, 15) is 10.1 Å². The molecule has 0 aliphatic carbocycles. The summed E-state index contributed by atoms with van der Waals surface area (Å²) in [5.41, 5.74) is 0.137. The SMILES string of the molecule is CCCNC(C)(C#N)CCCSc1nc(C)cc(=O)[nH]1. The van der Waals surface area contributed by atoms with Gasteiger partial charge in [-0.25, -0.2) is 4.98 Å². The summed E-state index contributed by atoms with van der Waals surface area (Å²) in [4.78, 5) is 18.3. The molecule has 20 heavy (non-hydrogen) atoms. The lowest BCUT2D eigenvalue weighted by atomic mass is 9.98. The summed E-state index contributed by atoms with van der Waals surface area (Å²) >= 11 is 1.52. The third kappa shape index (κ3) is 5.76. The van der Waals surface area contributed by atoms with Gasteiger partial charge in [0, 0.05) is 17.5 Å². The van der Waals surface area contributed by atoms with E-state index in [1.165, 1.54) is 17.8 Å². The van der Waals surface area contributed by atoms with E-state index in [-0.39, 0.29) is 5.56 Å². The van der Waals surface area contributed by atoms with E-state index in [1.807, 2.05) is 6.92 Å². The van der Waals surface area contributed by atoms with Crippen LogP contribution in [-0.2, 0) is 0 Å². The van der Waals surface area contributed by atoms with Crippen molar-refractivity contribution in [1.82, 2.24) is 15.3 Å². The Morgan fingerprint density at radius 2 is 2.35 bits per heavy atom. The van der Waals surface area contributed by atoms with E-state index in [0.29, 0.717) is 5.16 Å². The highest BCUT2D eigenvalue weighted by Crippen LogP contribution is 2.17. The van der Waals surface area contributed by atoms with Crippen molar-refractivity contribution in [3.63, 3.8) is 0 Å². The van der Waals surface area contributed by atoms with Crippen LogP contribution >= 0.6 is 11.8 Å². The third-order valence-electron chi connectivity index (χ3n) is 2.92. The maximum Gasteiger partial charge on any atom is 0.251 e. The van der Waals surface area contributed by atoms with Crippen molar-refractivity contribution in [1.29, 1.82) is 5.26 Å². The molecular weight excluding hydrogens is 272 g/mol. The highest BCUT2D eigenvalue weighted by Gasteiger charge is 2.21. The molecule has 1 aromatic rings. The first-order valence-corrected chi connectivity index (χ1v) is 7.84. The molecule has 0 aliphatic heterocycles. The lowest BCUT2D eigenvalue weighted by Crippen LogP contribution is -2.41. The van der Waals surface area contributed by atoms with Crippen molar-refractivity contribution in [3.8, 4) is 6.07 Å². The molecular formula is C14H22N4OS. The fraction of sp³-hybridized carbons (Fsp3) is 0.643. The minimum Gasteiger partial charge on any atom is -0.301 e. The van der Waals surface area contributed by atoms with Crippen LogP contribution in [0.1, 0.15) is 38.8 Å². The van der Waals surface area contributed by atoms with Gasteiger partial charge in [-0.15, -0.1) is 0 Å². The molecule has 5 nitrogen and oxygen atoms in total. The first kappa shape index (κ1) is 16.7. The lowest BCUT2D eigenvalue weighted by Gasteiger charge is -2.22. The molecule has 1 atom stereocenters. The Morgan fingerprint density at radius 1 is 1.60 bits per heavy atom. The molecule has 1 heterocycles. The van der Waals surface area contributed by atoms with Gasteiger partial charge in [0.05, 0.1) is 6.07 Å². The van der Waals surface area contributed by atoms with Gasteiger partial charge in [0.2, 0.25) is 0 Å². The second-order valence-corrected chi connectivity index (χ2v) is 6.10. The maximum absolute atomic E-state index is 11.3. The average molecular weight is 294 g/mol. The molecule has 0 bridgehead atoms. The Hall–Kier alpha value is -1.32. The molecule has 0 aromatic carbocycles. The van der Waals surface area contributed by atoms with Crippen LogP contribution in [-0.4, -0.2) is 27.8 Å². The molecule has 0 spiro atoms. The zero-order chi connectivity index (χ0) is 15.0. The van der Waals surface area contributed by atoms with Crippen molar-refractivity contribution in [2.45, 2.75) is 50.7 Å². The van der Waals surface area contributed by atoms with Crippen LogP contribution in [0.5, 0.6) is 0 Å². The molecule has 0 aliphatic rings. The number of aromatic amines is 1. The Morgan fingerprint density at radius 3 is 2.95 bits per heavy atom. The standard InChI is InChI=1S/C14H22N4OS/c1-4-7-16-14(3,10-15)6-5-8-20-13-17-11(2)9-12(19)18-13/h9,16H,4-8H2,1-3H3,(H,17,18,19). The van der Waals surface area contributed by atoms with Gasteiger partial charge < -0.3 is 4.98 Å². The van der Waals surface area contributed by atoms with E-state index >= 15 is 0 Å². The van der Waals surface area contributed by atoms with Gasteiger partial charge in [-0.3, -0.25) is 10.1 Å². The monoisotopic (exact) mass is 294 g/mol. The molecule has 1 unspecified atom stereocenters. The number of aromatic nitrogens is 2. The predicted molar refractivity (Wildman–Crippen MR) is 81.9 cm³/mol. The number of nitrogens with zero attached hydrogens (tertiary/aromatic N) is 2. The number of aryl methyl sites for hydroxylation is 1. The predicted octanol–water partition coefficient (Wildman–Crippen LogP) is 2.23. The van der Waals surface area contributed by atoms with Gasteiger partial charge in [-0.2, -0.15) is 5.26 Å². The molecule has 0 saturated heterocycles. The smallest absolute Gasteiger partial charge is 0.251 e. The number of hydrogen-bond acceptors (Lipinski definition) is 5. The van der Waals surface area contributed by atoms with Crippen LogP contribution in [0.2, 0.25) is 0 Å². The van der Waals surface area contributed by atoms with Gasteiger partial charge in [0.15, 0.2) is 5.16 Å². The maximum atomic E-state index is 11.3. The molecule has 1 rings (SSSR count). The van der Waals surface area contributed by atoms with E-state index < -0.39 is 5.54 Å². The zero-order valence-electron chi connectivity index (χ0n) is 12.3. The lowest BCUT2D eigenvalue weighted by molar-refractivity contribution is 0.415. The molecule has 0 fully saturated rings. The van der Waals surface area contributed by atoms with Crippen molar-refractivity contribution in [3.05, 3.63) is 22.1 Å². The second kappa shape index (κ2) is 8.08. The quantitative estimate of drug-likeness (QED) is 0.436. The summed E-state index contributed by atoms with van der Waals surface area (Å²) in [6.45, 7) is 6.67. The molecule has 1 aromatic heterocycles. The fourth-order valence-corrected chi connectivity index (χ4v) is 2.66. The van der Waals surface area contributed by atoms with Crippen molar-refractivity contribution < 1.29 is 0 Å². The number of nitriles is 1. The summed E-state index contributed by atoms with van der Waals surface area (Å²) in [6.07, 6.45) is 2.69. The van der Waals surface area contributed by atoms with Gasteiger partial charge in [0.1, 0.15) is 5.54 Å². The van der Waals surface area contributed by atoms with Crippen LogP contribution in [0, 0.1) is 18.3 Å². The van der Waals surface area contributed by atoms with Crippen molar-refractivity contribution in [2.24, 2.45) is 0 Å². The minimum absolute atomic E-state index is 0.119. The molecule has 0 amide bonds. The largest absolute Gasteiger partial charge is 0.301 e. The highest BCUT2D eigenvalue weighted by molar-refractivity contribution is 7.99. The summed E-state index contributed by atoms with van der Waals surface area (Å²) < 4.78 is 0. The van der Waals surface area contributed by atoms with Crippen LogP contribution in [0.25, 0.3) is 0 Å². The normalized spacial score (nSPS) is 13.7. The zero-order valence-corrected chi connectivity index (χ0v) is 13.1. The van der Waals surface area contributed by atoms with E-state index in [1.54, 1.807) is 6.92 Å². The van der Waals surface area contributed by atoms with E-state index in [4.69, 9.17) is 0 Å². The van der Waals surface area contributed by atoms with Crippen molar-refractivity contribution >= 4 is 11.8 Å². The highest BCUT2D eigenvalue weighted by atomic mass is 32.2. The van der Waals surface area contributed by atoms with Gasteiger partial charge >= 0.3 is 0 Å². The van der Waals surface area contributed by atoms with Gasteiger partial charge in [0.25, 0.3) is 5.56 Å². The van der Waals surface area contributed by atoms with Crippen molar-refractivity contribution in [2.75, 3.05) is 12.3 Å². The summed E-state index contributed by atoms with van der Waals surface area (Å²) in [6, 6.07) is 3.81. The second-order valence-electron chi connectivity index (χ2n) is 5.01. The minimum atomic E-state index is -0.468. The number of thioether (sulfide) groups is 1. The first-order valence-electron chi connectivity index (χ1n) is 6.86. The summed E-state index contributed by atoms with van der Waals surface area (Å²) in [5.74, 6) is 0.831.